The molecule has 0 saturated heterocycles. The van der Waals surface area contributed by atoms with Gasteiger partial charge in [-0.15, -0.1) is 0 Å². The number of amides is 1. The van der Waals surface area contributed by atoms with Crippen LogP contribution in [0.3, 0.4) is 0 Å². The largest absolute Gasteiger partial charge is 0.333 e. The molecule has 0 aliphatic heterocycles. The Kier molecular flexibility index (Phi) is 4.66. The normalized spacial score (nSPS) is 10.8. The van der Waals surface area contributed by atoms with Crippen molar-refractivity contribution in [3.63, 3.8) is 0 Å². The number of carbonyl (C=O) groups is 1. The Labute approximate surface area is 154 Å². The Morgan fingerprint density at radius 3 is 2.73 bits per heavy atom. The van der Waals surface area contributed by atoms with Crippen LogP contribution in [-0.4, -0.2) is 26.6 Å². The summed E-state index contributed by atoms with van der Waals surface area (Å²) < 4.78 is 0. The first kappa shape index (κ1) is 16.4. The van der Waals surface area contributed by atoms with Crippen molar-refractivity contribution < 1.29 is 4.79 Å². The summed E-state index contributed by atoms with van der Waals surface area (Å²) >= 11 is 1.37. The number of nitrogens with one attached hydrogen (secondary N) is 2. The third kappa shape index (κ3) is 3.60. The summed E-state index contributed by atoms with van der Waals surface area (Å²) in [7, 11) is 0. The number of rotatable bonds is 5. The molecule has 0 atom stereocenters. The zero-order valence-corrected chi connectivity index (χ0v) is 14.7. The van der Waals surface area contributed by atoms with Gasteiger partial charge in [0, 0.05) is 29.0 Å². The van der Waals surface area contributed by atoms with Crippen molar-refractivity contribution in [1.82, 2.24) is 15.0 Å². The van der Waals surface area contributed by atoms with E-state index in [1.54, 1.807) is 18.6 Å². The van der Waals surface area contributed by atoms with E-state index < -0.39 is 0 Å². The molecule has 0 bridgehead atoms. The first-order chi connectivity index (χ1) is 12.8. The van der Waals surface area contributed by atoms with Crippen molar-refractivity contribution in [2.45, 2.75) is 5.16 Å². The van der Waals surface area contributed by atoms with Gasteiger partial charge in [-0.2, -0.15) is 0 Å². The molecule has 2 aromatic carbocycles. The van der Waals surface area contributed by atoms with Gasteiger partial charge in [0.2, 0.25) is 5.91 Å². The van der Waals surface area contributed by atoms with Crippen LogP contribution in [0, 0.1) is 0 Å². The molecule has 4 rings (SSSR count). The SMILES string of the molecule is O=C(CSc1ncc(-c2ccncc2)[nH]1)Nc1cccc2ccccc12. The maximum atomic E-state index is 12.3. The number of aromatic amines is 1. The molecule has 6 heteroatoms. The fourth-order valence-corrected chi connectivity index (χ4v) is 3.36. The Morgan fingerprint density at radius 2 is 1.85 bits per heavy atom. The molecule has 1 amide bonds. The molecule has 128 valence electrons. The van der Waals surface area contributed by atoms with Crippen LogP contribution in [0.1, 0.15) is 0 Å². The smallest absolute Gasteiger partial charge is 0.234 e. The number of benzene rings is 2. The van der Waals surface area contributed by atoms with Gasteiger partial charge < -0.3 is 10.3 Å². The molecule has 26 heavy (non-hydrogen) atoms. The lowest BCUT2D eigenvalue weighted by Gasteiger charge is -2.08. The van der Waals surface area contributed by atoms with E-state index in [4.69, 9.17) is 0 Å². The van der Waals surface area contributed by atoms with E-state index in [-0.39, 0.29) is 11.7 Å². The van der Waals surface area contributed by atoms with E-state index in [9.17, 15) is 4.79 Å². The highest BCUT2D eigenvalue weighted by Gasteiger charge is 2.09. The highest BCUT2D eigenvalue weighted by Crippen LogP contribution is 2.24. The average Bonchev–Trinajstić information content (AvgIpc) is 3.17. The van der Waals surface area contributed by atoms with Crippen molar-refractivity contribution in [3.05, 3.63) is 73.2 Å². The quantitative estimate of drug-likeness (QED) is 0.519. The van der Waals surface area contributed by atoms with Crippen LogP contribution in [0.25, 0.3) is 22.0 Å². The molecule has 2 aromatic heterocycles. The molecule has 5 nitrogen and oxygen atoms in total. The lowest BCUT2D eigenvalue weighted by Crippen LogP contribution is -2.14. The maximum absolute atomic E-state index is 12.3. The number of aromatic nitrogens is 3. The monoisotopic (exact) mass is 360 g/mol. The molecule has 4 aromatic rings. The number of pyridine rings is 1. The van der Waals surface area contributed by atoms with Crippen LogP contribution in [0.5, 0.6) is 0 Å². The average molecular weight is 360 g/mol. The Bertz CT molecular complexity index is 1040. The van der Waals surface area contributed by atoms with E-state index in [1.807, 2.05) is 54.6 Å². The van der Waals surface area contributed by atoms with Crippen LogP contribution in [-0.2, 0) is 4.79 Å². The first-order valence-corrected chi connectivity index (χ1v) is 9.14. The molecule has 0 saturated carbocycles. The molecule has 0 aliphatic rings. The molecule has 0 radical (unpaired) electrons. The standard InChI is InChI=1S/C20H16N4OS/c25-19(23-17-7-3-5-14-4-1-2-6-16(14)17)13-26-20-22-12-18(24-20)15-8-10-21-11-9-15/h1-12H,13H2,(H,22,24)(H,23,25). The number of imidazole rings is 1. The van der Waals surface area contributed by atoms with Crippen LogP contribution >= 0.6 is 11.8 Å². The zero-order chi connectivity index (χ0) is 17.8. The fraction of sp³-hybridized carbons (Fsp3) is 0.0500. The van der Waals surface area contributed by atoms with E-state index in [0.717, 1.165) is 27.7 Å². The minimum atomic E-state index is -0.0618. The number of fused-ring (bicyclic) bond motifs is 1. The van der Waals surface area contributed by atoms with Crippen LogP contribution in [0.4, 0.5) is 5.69 Å². The number of nitrogens with zero attached hydrogens (tertiary/aromatic N) is 2. The van der Waals surface area contributed by atoms with Crippen LogP contribution in [0.15, 0.2) is 78.3 Å². The van der Waals surface area contributed by atoms with E-state index >= 15 is 0 Å². The van der Waals surface area contributed by atoms with Crippen LogP contribution < -0.4 is 5.32 Å². The summed E-state index contributed by atoms with van der Waals surface area (Å²) in [5.74, 6) is 0.222. The number of H-pyrrole nitrogens is 1. The second kappa shape index (κ2) is 7.41. The van der Waals surface area contributed by atoms with Crippen molar-refractivity contribution >= 4 is 34.1 Å². The summed E-state index contributed by atoms with van der Waals surface area (Å²) in [5.41, 5.74) is 2.74. The van der Waals surface area contributed by atoms with Gasteiger partial charge in [-0.05, 0) is 23.6 Å². The molecule has 0 aliphatic carbocycles. The summed E-state index contributed by atoms with van der Waals surface area (Å²) in [5, 5.41) is 5.83. The lowest BCUT2D eigenvalue weighted by atomic mass is 10.1. The first-order valence-electron chi connectivity index (χ1n) is 8.15. The van der Waals surface area contributed by atoms with Crippen molar-refractivity contribution in [2.24, 2.45) is 0 Å². The summed E-state index contributed by atoms with van der Waals surface area (Å²) in [4.78, 5) is 23.9. The van der Waals surface area contributed by atoms with Gasteiger partial charge >= 0.3 is 0 Å². The lowest BCUT2D eigenvalue weighted by molar-refractivity contribution is -0.113. The van der Waals surface area contributed by atoms with E-state index in [2.05, 4.69) is 20.3 Å². The molecule has 2 N–H and O–H groups in total. The molecule has 2 heterocycles. The second-order valence-electron chi connectivity index (χ2n) is 5.70. The fourth-order valence-electron chi connectivity index (χ4n) is 2.71. The Morgan fingerprint density at radius 1 is 1.04 bits per heavy atom. The van der Waals surface area contributed by atoms with Gasteiger partial charge in [0.1, 0.15) is 0 Å². The second-order valence-corrected chi connectivity index (χ2v) is 6.67. The minimum absolute atomic E-state index is 0.0618. The van der Waals surface area contributed by atoms with Gasteiger partial charge in [0.15, 0.2) is 5.16 Å². The molecule has 0 spiro atoms. The number of hydrogen-bond donors (Lipinski definition) is 2. The summed E-state index contributed by atoms with van der Waals surface area (Å²) in [6.07, 6.45) is 5.24. The van der Waals surface area contributed by atoms with Gasteiger partial charge in [0.25, 0.3) is 0 Å². The number of anilines is 1. The predicted octanol–water partition coefficient (Wildman–Crippen LogP) is 4.36. The topological polar surface area (TPSA) is 70.7 Å². The van der Waals surface area contributed by atoms with Gasteiger partial charge in [-0.3, -0.25) is 9.78 Å². The number of hydrogen-bond acceptors (Lipinski definition) is 4. The molecular formula is C20H16N4OS. The van der Waals surface area contributed by atoms with Gasteiger partial charge in [-0.1, -0.05) is 48.2 Å². The Hall–Kier alpha value is -3.12. The van der Waals surface area contributed by atoms with Crippen LogP contribution in [0.2, 0.25) is 0 Å². The van der Waals surface area contributed by atoms with Crippen molar-refractivity contribution in [3.8, 4) is 11.3 Å². The zero-order valence-electron chi connectivity index (χ0n) is 13.8. The maximum Gasteiger partial charge on any atom is 0.234 e. The van der Waals surface area contributed by atoms with Crippen molar-refractivity contribution in [1.29, 1.82) is 0 Å². The summed E-state index contributed by atoms with van der Waals surface area (Å²) in [6, 6.07) is 17.7. The van der Waals surface area contributed by atoms with Gasteiger partial charge in [-0.25, -0.2) is 4.98 Å². The number of thioether (sulfide) groups is 1. The molecule has 0 fully saturated rings. The van der Waals surface area contributed by atoms with E-state index in [1.165, 1.54) is 11.8 Å². The highest BCUT2D eigenvalue weighted by molar-refractivity contribution is 7.99. The predicted molar refractivity (Wildman–Crippen MR) is 105 cm³/mol. The molecule has 0 unspecified atom stereocenters. The third-order valence-corrected chi connectivity index (χ3v) is 4.83. The van der Waals surface area contributed by atoms with Gasteiger partial charge in [0.05, 0.1) is 17.6 Å². The minimum Gasteiger partial charge on any atom is -0.333 e. The molecular weight excluding hydrogens is 344 g/mol. The highest BCUT2D eigenvalue weighted by atomic mass is 32.2. The third-order valence-electron chi connectivity index (χ3n) is 3.95. The van der Waals surface area contributed by atoms with E-state index in [0.29, 0.717) is 5.16 Å². The van der Waals surface area contributed by atoms with Crippen molar-refractivity contribution in [2.75, 3.05) is 11.1 Å². The number of carbonyl (C=O) groups excluding carboxylic acids is 1. The summed E-state index contributed by atoms with van der Waals surface area (Å²) in [6.45, 7) is 0. The Balaban J connectivity index is 1.41.